The normalized spacial score (nSPS) is 27.8. The number of carbonyl (C=O) groups excluding carboxylic acids is 1. The van der Waals surface area contributed by atoms with Gasteiger partial charge in [0.15, 0.2) is 0 Å². The van der Waals surface area contributed by atoms with Gasteiger partial charge < -0.3 is 19.3 Å². The van der Waals surface area contributed by atoms with E-state index in [2.05, 4.69) is 4.74 Å². The van der Waals surface area contributed by atoms with E-state index in [1.54, 1.807) is 0 Å². The number of ether oxygens (including phenoxy) is 3. The van der Waals surface area contributed by atoms with Crippen molar-refractivity contribution in [3.05, 3.63) is 11.8 Å². The Labute approximate surface area is 69.5 Å². The third-order valence-corrected chi connectivity index (χ3v) is 1.46. The summed E-state index contributed by atoms with van der Waals surface area (Å²) in [4.78, 5) is 10.8. The van der Waals surface area contributed by atoms with Gasteiger partial charge in [-0.2, -0.15) is 0 Å². The van der Waals surface area contributed by atoms with Gasteiger partial charge in [0.1, 0.15) is 6.10 Å². The maximum Gasteiger partial charge on any atom is 0.373 e. The van der Waals surface area contributed by atoms with Crippen molar-refractivity contribution in [1.82, 2.24) is 0 Å². The Morgan fingerprint density at radius 2 is 2.33 bits per heavy atom. The van der Waals surface area contributed by atoms with Crippen LogP contribution in [0, 0.1) is 0 Å². The SMILES string of the molecule is COC(=O)C1=C[C@@H](O)[C@H](OC)O1. The molecule has 0 spiro atoms. The smallest absolute Gasteiger partial charge is 0.373 e. The highest BCUT2D eigenvalue weighted by molar-refractivity contribution is 5.86. The second-order valence-corrected chi connectivity index (χ2v) is 2.24. The first-order chi connectivity index (χ1) is 5.69. The molecule has 1 N–H and O–H groups in total. The van der Waals surface area contributed by atoms with Crippen molar-refractivity contribution in [2.24, 2.45) is 0 Å². The molecule has 1 aliphatic rings. The minimum Gasteiger partial charge on any atom is -0.463 e. The number of rotatable bonds is 2. The molecule has 0 aromatic carbocycles. The van der Waals surface area contributed by atoms with Crippen molar-refractivity contribution >= 4 is 5.97 Å². The van der Waals surface area contributed by atoms with Gasteiger partial charge in [-0.1, -0.05) is 0 Å². The summed E-state index contributed by atoms with van der Waals surface area (Å²) in [6, 6.07) is 0. The highest BCUT2D eigenvalue weighted by Crippen LogP contribution is 2.18. The molecule has 0 radical (unpaired) electrons. The van der Waals surface area contributed by atoms with E-state index in [4.69, 9.17) is 14.6 Å². The van der Waals surface area contributed by atoms with Crippen LogP contribution in [-0.4, -0.2) is 37.7 Å². The van der Waals surface area contributed by atoms with Crippen LogP contribution in [0.2, 0.25) is 0 Å². The number of hydrogen-bond donors (Lipinski definition) is 1. The lowest BCUT2D eigenvalue weighted by atomic mass is 10.3. The first-order valence-electron chi connectivity index (χ1n) is 3.36. The minimum absolute atomic E-state index is 0.0168. The molecule has 0 aromatic heterocycles. The lowest BCUT2D eigenvalue weighted by molar-refractivity contribution is -0.153. The van der Waals surface area contributed by atoms with Gasteiger partial charge in [-0.05, 0) is 0 Å². The van der Waals surface area contributed by atoms with Crippen LogP contribution in [0.1, 0.15) is 0 Å². The summed E-state index contributed by atoms with van der Waals surface area (Å²) < 4.78 is 14.0. The minimum atomic E-state index is -0.913. The molecule has 0 bridgehead atoms. The predicted octanol–water partition coefficient (Wildman–Crippen LogP) is -0.593. The maximum atomic E-state index is 10.8. The van der Waals surface area contributed by atoms with Gasteiger partial charge in [0, 0.05) is 13.2 Å². The molecular weight excluding hydrogens is 164 g/mol. The zero-order valence-electron chi connectivity index (χ0n) is 6.81. The second-order valence-electron chi connectivity index (χ2n) is 2.24. The van der Waals surface area contributed by atoms with Crippen molar-refractivity contribution in [1.29, 1.82) is 0 Å². The number of hydrogen-bond acceptors (Lipinski definition) is 5. The van der Waals surface area contributed by atoms with Crippen molar-refractivity contribution in [3.63, 3.8) is 0 Å². The number of aliphatic hydroxyl groups excluding tert-OH is 1. The third-order valence-electron chi connectivity index (χ3n) is 1.46. The first-order valence-corrected chi connectivity index (χ1v) is 3.36. The molecule has 0 saturated heterocycles. The molecule has 0 aromatic rings. The molecule has 5 nitrogen and oxygen atoms in total. The number of methoxy groups -OCH3 is 2. The van der Waals surface area contributed by atoms with E-state index >= 15 is 0 Å². The fraction of sp³-hybridized carbons (Fsp3) is 0.571. The van der Waals surface area contributed by atoms with E-state index in [9.17, 15) is 4.79 Å². The average molecular weight is 174 g/mol. The molecule has 1 rings (SSSR count). The van der Waals surface area contributed by atoms with Crippen molar-refractivity contribution in [2.75, 3.05) is 14.2 Å². The summed E-state index contributed by atoms with van der Waals surface area (Å²) in [5.74, 6) is -0.634. The van der Waals surface area contributed by atoms with E-state index in [0.29, 0.717) is 0 Å². The van der Waals surface area contributed by atoms with Gasteiger partial charge in [0.25, 0.3) is 0 Å². The highest BCUT2D eigenvalue weighted by Gasteiger charge is 2.31. The predicted molar refractivity (Wildman–Crippen MR) is 38.0 cm³/mol. The summed E-state index contributed by atoms with van der Waals surface area (Å²) in [7, 11) is 2.61. The zero-order valence-corrected chi connectivity index (χ0v) is 6.81. The Kier molecular flexibility index (Phi) is 2.67. The van der Waals surface area contributed by atoms with Gasteiger partial charge >= 0.3 is 5.97 Å². The maximum absolute atomic E-state index is 10.8. The molecule has 0 aliphatic carbocycles. The molecule has 1 heterocycles. The van der Waals surface area contributed by atoms with Crippen molar-refractivity contribution in [3.8, 4) is 0 Å². The Balaban J connectivity index is 2.61. The molecule has 1 aliphatic heterocycles. The van der Waals surface area contributed by atoms with Gasteiger partial charge in [-0.15, -0.1) is 0 Å². The van der Waals surface area contributed by atoms with E-state index in [1.807, 2.05) is 0 Å². The zero-order chi connectivity index (χ0) is 9.14. The Hall–Kier alpha value is -1.07. The van der Waals surface area contributed by atoms with Crippen LogP contribution in [0.4, 0.5) is 0 Å². The number of carbonyl (C=O) groups is 1. The van der Waals surface area contributed by atoms with Crippen LogP contribution in [0.3, 0.4) is 0 Å². The standard InChI is InChI=1S/C7H10O5/c1-10-6(9)5-3-4(8)7(11-2)12-5/h3-4,7-8H,1-2H3/t4-,7-/m1/s1. The third kappa shape index (κ3) is 1.57. The summed E-state index contributed by atoms with van der Waals surface area (Å²) in [6.45, 7) is 0. The largest absolute Gasteiger partial charge is 0.463 e. The second kappa shape index (κ2) is 3.55. The van der Waals surface area contributed by atoms with E-state index in [0.717, 1.165) is 0 Å². The number of aliphatic hydroxyl groups is 1. The van der Waals surface area contributed by atoms with Crippen LogP contribution in [0.25, 0.3) is 0 Å². The molecule has 0 saturated carbocycles. The Bertz CT molecular complexity index is 210. The molecule has 2 atom stereocenters. The van der Waals surface area contributed by atoms with E-state index in [1.165, 1.54) is 20.3 Å². The topological polar surface area (TPSA) is 65.0 Å². The first kappa shape index (κ1) is 9.02. The monoisotopic (exact) mass is 174 g/mol. The van der Waals surface area contributed by atoms with E-state index < -0.39 is 18.4 Å². The highest BCUT2D eigenvalue weighted by atomic mass is 16.7. The van der Waals surface area contributed by atoms with Crippen LogP contribution in [0.15, 0.2) is 11.8 Å². The van der Waals surface area contributed by atoms with Crippen molar-refractivity contribution in [2.45, 2.75) is 12.4 Å². The lowest BCUT2D eigenvalue weighted by Gasteiger charge is -2.12. The van der Waals surface area contributed by atoms with Crippen LogP contribution in [-0.2, 0) is 19.0 Å². The fourth-order valence-corrected chi connectivity index (χ4v) is 0.872. The molecule has 68 valence electrons. The molecule has 0 fully saturated rings. The molecule has 0 amide bonds. The average Bonchev–Trinajstić information content (AvgIpc) is 2.45. The van der Waals surface area contributed by atoms with Gasteiger partial charge in [-0.25, -0.2) is 4.79 Å². The Morgan fingerprint density at radius 3 is 2.75 bits per heavy atom. The van der Waals surface area contributed by atoms with Gasteiger partial charge in [0.05, 0.1) is 7.11 Å². The van der Waals surface area contributed by atoms with E-state index in [-0.39, 0.29) is 5.76 Å². The summed E-state index contributed by atoms with van der Waals surface area (Å²) >= 11 is 0. The van der Waals surface area contributed by atoms with Crippen LogP contribution >= 0.6 is 0 Å². The van der Waals surface area contributed by atoms with Gasteiger partial charge in [-0.3, -0.25) is 0 Å². The van der Waals surface area contributed by atoms with Crippen LogP contribution < -0.4 is 0 Å². The molecule has 12 heavy (non-hydrogen) atoms. The number of esters is 1. The Morgan fingerprint density at radius 1 is 1.67 bits per heavy atom. The lowest BCUT2D eigenvalue weighted by Crippen LogP contribution is -2.23. The molecule has 5 heteroatoms. The van der Waals surface area contributed by atoms with Gasteiger partial charge in [0.2, 0.25) is 12.0 Å². The van der Waals surface area contributed by atoms with Crippen molar-refractivity contribution < 1.29 is 24.1 Å². The fourth-order valence-electron chi connectivity index (χ4n) is 0.872. The molecule has 0 unspecified atom stereocenters. The summed E-state index contributed by atoms with van der Waals surface area (Å²) in [5.41, 5.74) is 0. The summed E-state index contributed by atoms with van der Waals surface area (Å²) in [5, 5.41) is 9.17. The molecular formula is C7H10O5. The van der Waals surface area contributed by atoms with Crippen LogP contribution in [0.5, 0.6) is 0 Å². The summed E-state index contributed by atoms with van der Waals surface area (Å²) in [6.07, 6.45) is -0.469. The quantitative estimate of drug-likeness (QED) is 0.566.